The molecule has 0 aromatic carbocycles. The Bertz CT molecular complexity index is 736. The van der Waals surface area contributed by atoms with Crippen LogP contribution in [0.1, 0.15) is 23.5 Å². The van der Waals surface area contributed by atoms with Gasteiger partial charge in [0.25, 0.3) is 5.91 Å². The Hall–Kier alpha value is -1.83. The van der Waals surface area contributed by atoms with Crippen molar-refractivity contribution in [1.29, 1.82) is 0 Å². The van der Waals surface area contributed by atoms with E-state index in [1.54, 1.807) is 17.5 Å². The van der Waals surface area contributed by atoms with Crippen LogP contribution in [0.15, 0.2) is 29.9 Å². The molecule has 7 heteroatoms. The molecule has 6 nitrogen and oxygen atoms in total. The Balaban J connectivity index is 1.34. The van der Waals surface area contributed by atoms with Crippen LogP contribution in [0.2, 0.25) is 0 Å². The molecule has 2 aromatic heterocycles. The van der Waals surface area contributed by atoms with Crippen LogP contribution >= 0.6 is 11.3 Å². The van der Waals surface area contributed by atoms with Crippen LogP contribution < -0.4 is 5.32 Å². The summed E-state index contributed by atoms with van der Waals surface area (Å²) in [4.78, 5) is 23.5. The lowest BCUT2D eigenvalue weighted by Gasteiger charge is -2.33. The maximum absolute atomic E-state index is 12.6. The maximum Gasteiger partial charge on any atom is 0.253 e. The number of hydrogen-bond donors (Lipinski definition) is 1. The molecule has 132 valence electrons. The molecular formula is C18H22N4O2S. The first-order chi connectivity index (χ1) is 12.2. The summed E-state index contributed by atoms with van der Waals surface area (Å²) in [5.74, 6) is 0.412. The number of nitrogens with zero attached hydrogens (tertiary/aromatic N) is 3. The Kier molecular flexibility index (Phi) is 4.78. The van der Waals surface area contributed by atoms with Crippen LogP contribution in [0.3, 0.4) is 0 Å². The SMILES string of the molecule is Cc1ncccc1NC(=O)[C@H]1C[C@@H]2CCN(Cc3nccs3)C[C@H]2O1. The molecule has 2 aliphatic rings. The van der Waals surface area contributed by atoms with E-state index in [1.165, 1.54) is 0 Å². The van der Waals surface area contributed by atoms with E-state index in [9.17, 15) is 4.79 Å². The van der Waals surface area contributed by atoms with E-state index >= 15 is 0 Å². The molecule has 0 bridgehead atoms. The number of carbonyl (C=O) groups is 1. The van der Waals surface area contributed by atoms with E-state index in [0.717, 1.165) is 48.9 Å². The number of fused-ring (bicyclic) bond motifs is 1. The van der Waals surface area contributed by atoms with Crippen molar-refractivity contribution < 1.29 is 9.53 Å². The Morgan fingerprint density at radius 3 is 3.16 bits per heavy atom. The normalized spacial score (nSPS) is 26.4. The minimum absolute atomic E-state index is 0.0584. The number of thiazole rings is 1. The van der Waals surface area contributed by atoms with Crippen molar-refractivity contribution in [2.24, 2.45) is 5.92 Å². The molecule has 0 unspecified atom stereocenters. The van der Waals surface area contributed by atoms with Crippen molar-refractivity contribution in [2.75, 3.05) is 18.4 Å². The summed E-state index contributed by atoms with van der Waals surface area (Å²) in [5, 5.41) is 6.11. The van der Waals surface area contributed by atoms with Crippen molar-refractivity contribution >= 4 is 22.9 Å². The molecule has 2 aliphatic heterocycles. The zero-order valence-electron chi connectivity index (χ0n) is 14.2. The number of pyridine rings is 1. The summed E-state index contributed by atoms with van der Waals surface area (Å²) in [7, 11) is 0. The highest BCUT2D eigenvalue weighted by atomic mass is 32.1. The fourth-order valence-electron chi connectivity index (χ4n) is 3.66. The number of hydrogen-bond acceptors (Lipinski definition) is 6. The Morgan fingerprint density at radius 2 is 2.36 bits per heavy atom. The summed E-state index contributed by atoms with van der Waals surface area (Å²) in [5.41, 5.74) is 1.58. The topological polar surface area (TPSA) is 67.4 Å². The highest BCUT2D eigenvalue weighted by Crippen LogP contribution is 2.34. The average molecular weight is 358 g/mol. The second-order valence-electron chi connectivity index (χ2n) is 6.73. The molecule has 0 aliphatic carbocycles. The molecule has 2 aromatic rings. The number of carbonyl (C=O) groups excluding carboxylic acids is 1. The van der Waals surface area contributed by atoms with Crippen LogP contribution in [0.4, 0.5) is 5.69 Å². The van der Waals surface area contributed by atoms with Crippen molar-refractivity contribution in [1.82, 2.24) is 14.9 Å². The van der Waals surface area contributed by atoms with Crippen molar-refractivity contribution in [3.8, 4) is 0 Å². The van der Waals surface area contributed by atoms with Crippen LogP contribution in [-0.2, 0) is 16.1 Å². The van der Waals surface area contributed by atoms with E-state index in [0.29, 0.717) is 5.92 Å². The standard InChI is InChI=1S/C18H22N4O2S/c1-12-14(3-2-5-19-12)21-18(23)15-9-13-4-7-22(10-16(13)24-15)11-17-20-6-8-25-17/h2-3,5-6,8,13,15-16H,4,7,9-11H2,1H3,(H,21,23)/t13-,15+,16+/m0/s1. The first kappa shape index (κ1) is 16.6. The van der Waals surface area contributed by atoms with Crippen LogP contribution in [-0.4, -0.2) is 46.1 Å². The molecule has 0 saturated carbocycles. The lowest BCUT2D eigenvalue weighted by Crippen LogP contribution is -2.41. The molecule has 4 rings (SSSR count). The third-order valence-electron chi connectivity index (χ3n) is 5.04. The number of amides is 1. The van der Waals surface area contributed by atoms with Gasteiger partial charge in [-0.2, -0.15) is 0 Å². The van der Waals surface area contributed by atoms with Gasteiger partial charge in [0.15, 0.2) is 0 Å². The summed E-state index contributed by atoms with van der Waals surface area (Å²) in [6.45, 7) is 4.68. The van der Waals surface area contributed by atoms with Crippen molar-refractivity contribution in [2.45, 2.75) is 38.5 Å². The smallest absolute Gasteiger partial charge is 0.253 e. The van der Waals surface area contributed by atoms with E-state index in [1.807, 2.05) is 30.6 Å². The van der Waals surface area contributed by atoms with Gasteiger partial charge < -0.3 is 10.1 Å². The lowest BCUT2D eigenvalue weighted by molar-refractivity contribution is -0.127. The third kappa shape index (κ3) is 3.73. The molecule has 4 heterocycles. The summed E-state index contributed by atoms with van der Waals surface area (Å²) < 4.78 is 6.10. The van der Waals surface area contributed by atoms with Gasteiger partial charge in [-0.25, -0.2) is 4.98 Å². The molecule has 0 spiro atoms. The third-order valence-corrected chi connectivity index (χ3v) is 5.80. The van der Waals surface area contributed by atoms with Crippen molar-refractivity contribution in [3.05, 3.63) is 40.6 Å². The van der Waals surface area contributed by atoms with Gasteiger partial charge in [0.2, 0.25) is 0 Å². The number of nitrogens with one attached hydrogen (secondary N) is 1. The number of likely N-dealkylation sites (tertiary alicyclic amines) is 1. The number of aromatic nitrogens is 2. The fourth-order valence-corrected chi connectivity index (χ4v) is 4.32. The quantitative estimate of drug-likeness (QED) is 0.909. The van der Waals surface area contributed by atoms with E-state index in [2.05, 4.69) is 20.2 Å². The zero-order valence-corrected chi connectivity index (χ0v) is 15.0. The number of piperidine rings is 1. The summed E-state index contributed by atoms with van der Waals surface area (Å²) in [6, 6.07) is 3.70. The predicted molar refractivity (Wildman–Crippen MR) is 96.4 cm³/mol. The maximum atomic E-state index is 12.6. The first-order valence-electron chi connectivity index (χ1n) is 8.67. The van der Waals surface area contributed by atoms with Gasteiger partial charge >= 0.3 is 0 Å². The number of rotatable bonds is 4. The molecule has 2 saturated heterocycles. The molecule has 0 radical (unpaired) electrons. The fraction of sp³-hybridized carbons (Fsp3) is 0.500. The molecule has 1 amide bonds. The number of anilines is 1. The monoisotopic (exact) mass is 358 g/mol. The van der Waals surface area contributed by atoms with Crippen molar-refractivity contribution in [3.63, 3.8) is 0 Å². The van der Waals surface area contributed by atoms with Crippen LogP contribution in [0, 0.1) is 12.8 Å². The largest absolute Gasteiger partial charge is 0.364 e. The van der Waals surface area contributed by atoms with Gasteiger partial charge in [0, 0.05) is 24.3 Å². The Morgan fingerprint density at radius 1 is 1.44 bits per heavy atom. The van der Waals surface area contributed by atoms with Gasteiger partial charge in [0.1, 0.15) is 11.1 Å². The summed E-state index contributed by atoms with van der Waals surface area (Å²) >= 11 is 1.69. The number of ether oxygens (including phenoxy) is 1. The number of aryl methyl sites for hydroxylation is 1. The van der Waals surface area contributed by atoms with Gasteiger partial charge in [-0.3, -0.25) is 14.7 Å². The minimum atomic E-state index is -0.366. The highest BCUT2D eigenvalue weighted by molar-refractivity contribution is 7.09. The first-order valence-corrected chi connectivity index (χ1v) is 9.55. The second kappa shape index (κ2) is 7.19. The lowest BCUT2D eigenvalue weighted by atomic mass is 9.91. The minimum Gasteiger partial charge on any atom is -0.364 e. The second-order valence-corrected chi connectivity index (χ2v) is 7.71. The average Bonchev–Trinajstić information content (AvgIpc) is 3.26. The molecule has 3 atom stereocenters. The van der Waals surface area contributed by atoms with Gasteiger partial charge in [-0.15, -0.1) is 11.3 Å². The van der Waals surface area contributed by atoms with Gasteiger partial charge in [-0.05, 0) is 44.4 Å². The van der Waals surface area contributed by atoms with Crippen LogP contribution in [0.25, 0.3) is 0 Å². The van der Waals surface area contributed by atoms with Gasteiger partial charge in [0.05, 0.1) is 24.0 Å². The highest BCUT2D eigenvalue weighted by Gasteiger charge is 2.41. The van der Waals surface area contributed by atoms with E-state index in [4.69, 9.17) is 4.74 Å². The predicted octanol–water partition coefficient (Wildman–Crippen LogP) is 2.46. The summed E-state index contributed by atoms with van der Waals surface area (Å²) in [6.07, 6.45) is 5.23. The Labute approximate surface area is 151 Å². The molecule has 25 heavy (non-hydrogen) atoms. The van der Waals surface area contributed by atoms with E-state index < -0.39 is 0 Å². The van der Waals surface area contributed by atoms with E-state index in [-0.39, 0.29) is 18.1 Å². The van der Waals surface area contributed by atoms with Gasteiger partial charge in [-0.1, -0.05) is 0 Å². The molecular weight excluding hydrogens is 336 g/mol. The van der Waals surface area contributed by atoms with Crippen LogP contribution in [0.5, 0.6) is 0 Å². The molecule has 1 N–H and O–H groups in total. The molecule has 2 fully saturated rings. The zero-order chi connectivity index (χ0) is 17.2.